The Morgan fingerprint density at radius 3 is 2.09 bits per heavy atom. The molecule has 0 bridgehead atoms. The van der Waals surface area contributed by atoms with Gasteiger partial charge in [0.05, 0.1) is 18.7 Å². The van der Waals surface area contributed by atoms with Crippen LogP contribution >= 0.6 is 0 Å². The monoisotopic (exact) mass is 621 g/mol. The standard InChI is InChI=1S/C31H29F6N3O4/c32-26-15-12-23(16-25(26)31(35,36)37)39-29(44)40(24-13-10-21(11-14-24)20-4-2-1-3-5-20)17-19-6-8-22(9-7-19)27(41)38-18-30(33,34)28(42)43/h6-16,20H,1-5,17-18H2,(H,38,41)(H,39,44)(H,42,43). The van der Waals surface area contributed by atoms with E-state index in [2.05, 4.69) is 5.32 Å². The van der Waals surface area contributed by atoms with Crippen molar-refractivity contribution in [3.05, 3.63) is 94.8 Å². The molecule has 13 heteroatoms. The first-order valence-electron chi connectivity index (χ1n) is 13.8. The maximum atomic E-state index is 13.8. The normalized spacial score (nSPS) is 14.1. The average Bonchev–Trinajstić information content (AvgIpc) is 3.00. The van der Waals surface area contributed by atoms with Gasteiger partial charge in [-0.3, -0.25) is 9.69 Å². The molecule has 1 aliphatic rings. The maximum absolute atomic E-state index is 13.8. The van der Waals surface area contributed by atoms with Crippen LogP contribution < -0.4 is 15.5 Å². The van der Waals surface area contributed by atoms with E-state index in [0.717, 1.165) is 37.3 Å². The van der Waals surface area contributed by atoms with Crippen LogP contribution in [0.15, 0.2) is 66.7 Å². The Morgan fingerprint density at radius 2 is 1.50 bits per heavy atom. The van der Waals surface area contributed by atoms with Crippen LogP contribution in [-0.4, -0.2) is 35.5 Å². The molecule has 44 heavy (non-hydrogen) atoms. The first-order chi connectivity index (χ1) is 20.7. The van der Waals surface area contributed by atoms with Gasteiger partial charge >= 0.3 is 24.1 Å². The van der Waals surface area contributed by atoms with E-state index >= 15 is 0 Å². The summed E-state index contributed by atoms with van der Waals surface area (Å²) in [6.07, 6.45) is 0.532. The van der Waals surface area contributed by atoms with Gasteiger partial charge in [-0.25, -0.2) is 14.0 Å². The molecular formula is C31H29F6N3O4. The third-order valence-corrected chi connectivity index (χ3v) is 7.39. The average molecular weight is 622 g/mol. The molecule has 3 amide bonds. The van der Waals surface area contributed by atoms with Crippen molar-refractivity contribution in [1.29, 1.82) is 0 Å². The van der Waals surface area contributed by atoms with Gasteiger partial charge in [0.25, 0.3) is 5.91 Å². The van der Waals surface area contributed by atoms with Crippen LogP contribution in [0, 0.1) is 5.82 Å². The van der Waals surface area contributed by atoms with Gasteiger partial charge in [0.15, 0.2) is 0 Å². The summed E-state index contributed by atoms with van der Waals surface area (Å²) in [7, 11) is 0. The number of carboxylic acids is 1. The van der Waals surface area contributed by atoms with Crippen LogP contribution in [-0.2, 0) is 17.5 Å². The van der Waals surface area contributed by atoms with Crippen LogP contribution in [0.4, 0.5) is 42.5 Å². The zero-order chi connectivity index (χ0) is 32.1. The minimum Gasteiger partial charge on any atom is -0.477 e. The van der Waals surface area contributed by atoms with Crippen molar-refractivity contribution in [2.75, 3.05) is 16.8 Å². The lowest BCUT2D eigenvalue weighted by Gasteiger charge is -2.26. The summed E-state index contributed by atoms with van der Waals surface area (Å²) in [5, 5.41) is 12.8. The van der Waals surface area contributed by atoms with E-state index in [0.29, 0.717) is 29.3 Å². The Hall–Kier alpha value is -4.55. The fraction of sp³-hybridized carbons (Fsp3) is 0.323. The van der Waals surface area contributed by atoms with Gasteiger partial charge < -0.3 is 15.7 Å². The Balaban J connectivity index is 1.56. The quantitative estimate of drug-likeness (QED) is 0.215. The van der Waals surface area contributed by atoms with E-state index in [4.69, 9.17) is 5.11 Å². The second-order valence-corrected chi connectivity index (χ2v) is 10.5. The summed E-state index contributed by atoms with van der Waals surface area (Å²) >= 11 is 0. The highest BCUT2D eigenvalue weighted by molar-refractivity contribution is 6.01. The number of nitrogens with zero attached hydrogens (tertiary/aromatic N) is 1. The number of carbonyl (C=O) groups is 3. The number of nitrogens with one attached hydrogen (secondary N) is 2. The molecule has 7 nitrogen and oxygen atoms in total. The van der Waals surface area contributed by atoms with Gasteiger partial charge in [0.2, 0.25) is 0 Å². The first kappa shape index (κ1) is 32.4. The number of urea groups is 1. The molecule has 3 N–H and O–H groups in total. The van der Waals surface area contributed by atoms with E-state index in [1.54, 1.807) is 12.1 Å². The van der Waals surface area contributed by atoms with Crippen LogP contribution in [0.2, 0.25) is 0 Å². The second kappa shape index (κ2) is 13.4. The number of halogens is 6. The summed E-state index contributed by atoms with van der Waals surface area (Å²) in [5.41, 5.74) is 0.128. The number of aliphatic carboxylic acids is 1. The number of hydrogen-bond acceptors (Lipinski definition) is 3. The summed E-state index contributed by atoms with van der Waals surface area (Å²) < 4.78 is 80.2. The van der Waals surface area contributed by atoms with E-state index in [1.807, 2.05) is 17.4 Å². The molecule has 0 spiro atoms. The predicted molar refractivity (Wildman–Crippen MR) is 150 cm³/mol. The molecule has 1 saturated carbocycles. The number of benzene rings is 3. The summed E-state index contributed by atoms with van der Waals surface area (Å²) in [6, 6.07) is 14.0. The fourth-order valence-corrected chi connectivity index (χ4v) is 4.97. The summed E-state index contributed by atoms with van der Waals surface area (Å²) in [5.74, 6) is -8.58. The first-order valence-corrected chi connectivity index (χ1v) is 13.8. The van der Waals surface area contributed by atoms with Crippen molar-refractivity contribution < 1.29 is 45.8 Å². The van der Waals surface area contributed by atoms with Crippen LogP contribution in [0.5, 0.6) is 0 Å². The van der Waals surface area contributed by atoms with Crippen molar-refractivity contribution in [2.24, 2.45) is 0 Å². The van der Waals surface area contributed by atoms with Crippen molar-refractivity contribution in [1.82, 2.24) is 5.32 Å². The Morgan fingerprint density at radius 1 is 0.864 bits per heavy atom. The largest absolute Gasteiger partial charge is 0.477 e. The van der Waals surface area contributed by atoms with Gasteiger partial charge in [-0.2, -0.15) is 22.0 Å². The van der Waals surface area contributed by atoms with Crippen molar-refractivity contribution >= 4 is 29.3 Å². The SMILES string of the molecule is O=C(NCC(F)(F)C(=O)O)c1ccc(CN(C(=O)Nc2ccc(F)c(C(F)(F)F)c2)c2ccc(C3CCCCC3)cc2)cc1. The molecule has 0 aliphatic heterocycles. The lowest BCUT2D eigenvalue weighted by molar-refractivity contribution is -0.163. The summed E-state index contributed by atoms with van der Waals surface area (Å²) in [6.45, 7) is -1.52. The minimum absolute atomic E-state index is 0.0474. The zero-order valence-electron chi connectivity index (χ0n) is 23.3. The number of amides is 3. The molecule has 0 aromatic heterocycles. The molecule has 1 fully saturated rings. The zero-order valence-corrected chi connectivity index (χ0v) is 23.3. The third-order valence-electron chi connectivity index (χ3n) is 7.39. The maximum Gasteiger partial charge on any atom is 0.419 e. The molecule has 0 radical (unpaired) electrons. The molecule has 1 aliphatic carbocycles. The number of anilines is 2. The van der Waals surface area contributed by atoms with Gasteiger partial charge in [0, 0.05) is 16.9 Å². The Bertz CT molecular complexity index is 1490. The van der Waals surface area contributed by atoms with E-state index in [9.17, 15) is 40.7 Å². The number of alkyl halides is 5. The van der Waals surface area contributed by atoms with Gasteiger partial charge in [0.1, 0.15) is 5.82 Å². The predicted octanol–water partition coefficient (Wildman–Crippen LogP) is 7.58. The highest BCUT2D eigenvalue weighted by Crippen LogP contribution is 2.35. The molecular weight excluding hydrogens is 592 g/mol. The molecule has 4 rings (SSSR count). The van der Waals surface area contributed by atoms with Crippen molar-refractivity contribution in [3.8, 4) is 0 Å². The Kier molecular flexibility index (Phi) is 9.85. The second-order valence-electron chi connectivity index (χ2n) is 10.5. The fourth-order valence-electron chi connectivity index (χ4n) is 4.97. The number of rotatable bonds is 9. The lowest BCUT2D eigenvalue weighted by atomic mass is 9.84. The third kappa shape index (κ3) is 8.08. The summed E-state index contributed by atoms with van der Waals surface area (Å²) in [4.78, 5) is 37.5. The van der Waals surface area contributed by atoms with Gasteiger partial charge in [-0.05, 0) is 72.4 Å². The van der Waals surface area contributed by atoms with Crippen LogP contribution in [0.3, 0.4) is 0 Å². The molecule has 234 valence electrons. The molecule has 0 unspecified atom stereocenters. The van der Waals surface area contributed by atoms with Crippen molar-refractivity contribution in [2.45, 2.75) is 56.7 Å². The van der Waals surface area contributed by atoms with E-state index in [1.165, 1.54) is 35.6 Å². The van der Waals surface area contributed by atoms with Gasteiger partial charge in [-0.15, -0.1) is 0 Å². The topological polar surface area (TPSA) is 98.7 Å². The minimum atomic E-state index is -4.98. The molecule has 0 heterocycles. The highest BCUT2D eigenvalue weighted by atomic mass is 19.4. The smallest absolute Gasteiger partial charge is 0.419 e. The van der Waals surface area contributed by atoms with Gasteiger partial charge in [-0.1, -0.05) is 43.5 Å². The number of carbonyl (C=O) groups excluding carboxylic acids is 2. The van der Waals surface area contributed by atoms with Crippen LogP contribution in [0.1, 0.15) is 65.1 Å². The molecule has 3 aromatic rings. The molecule has 0 atom stereocenters. The lowest BCUT2D eigenvalue weighted by Crippen LogP contribution is -2.42. The van der Waals surface area contributed by atoms with Crippen LogP contribution in [0.25, 0.3) is 0 Å². The number of hydrogen-bond donors (Lipinski definition) is 3. The number of carboxylic acid groups (broad SMARTS) is 1. The molecule has 0 saturated heterocycles. The highest BCUT2D eigenvalue weighted by Gasteiger charge is 2.39. The van der Waals surface area contributed by atoms with E-state index < -0.39 is 47.9 Å². The molecule has 3 aromatic carbocycles. The van der Waals surface area contributed by atoms with Crippen molar-refractivity contribution in [3.63, 3.8) is 0 Å². The Labute approximate surface area is 248 Å². The van der Waals surface area contributed by atoms with E-state index in [-0.39, 0.29) is 17.8 Å².